The normalized spacial score (nSPS) is 29.4. The quantitative estimate of drug-likeness (QED) is 0.601. The first kappa shape index (κ1) is 9.82. The Balaban J connectivity index is 3.04. The van der Waals surface area contributed by atoms with E-state index in [2.05, 4.69) is 0 Å². The molecular weight excluding hydrogens is 195 g/mol. The van der Waals surface area contributed by atoms with Gasteiger partial charge >= 0.3 is 0 Å². The first-order valence-corrected chi connectivity index (χ1v) is 4.55. The molecular formula is C9H10Cl2O. The largest absolute Gasteiger partial charge is 0.293 e. The number of hydrogen-bond donors (Lipinski definition) is 0. The average molecular weight is 205 g/mol. The molecule has 1 nitrogen and oxygen atoms in total. The van der Waals surface area contributed by atoms with Gasteiger partial charge in [0.25, 0.3) is 0 Å². The highest BCUT2D eigenvalue weighted by atomic mass is 35.5. The zero-order valence-corrected chi connectivity index (χ0v) is 8.49. The van der Waals surface area contributed by atoms with Crippen molar-refractivity contribution in [3.63, 3.8) is 0 Å². The van der Waals surface area contributed by atoms with Crippen molar-refractivity contribution < 1.29 is 4.79 Å². The number of halogens is 2. The summed E-state index contributed by atoms with van der Waals surface area (Å²) in [6.07, 6.45) is 5.32. The standard InChI is InChI=1S/C9H10Cl2O/c1-6-4-3-5-9(2,7(6)12)8(10)11/h3-5,8H,1-2H3. The van der Waals surface area contributed by atoms with E-state index in [-0.39, 0.29) is 5.78 Å². The molecule has 0 N–H and O–H groups in total. The Kier molecular flexibility index (Phi) is 2.64. The summed E-state index contributed by atoms with van der Waals surface area (Å²) >= 11 is 11.4. The van der Waals surface area contributed by atoms with Crippen LogP contribution in [-0.2, 0) is 4.79 Å². The second kappa shape index (κ2) is 3.23. The Morgan fingerprint density at radius 1 is 1.50 bits per heavy atom. The van der Waals surface area contributed by atoms with Crippen LogP contribution in [0.1, 0.15) is 13.8 Å². The molecule has 1 atom stereocenters. The lowest BCUT2D eigenvalue weighted by Gasteiger charge is -2.27. The Labute approximate surface area is 82.0 Å². The van der Waals surface area contributed by atoms with Gasteiger partial charge in [0, 0.05) is 0 Å². The van der Waals surface area contributed by atoms with E-state index in [9.17, 15) is 4.79 Å². The number of carbonyl (C=O) groups excluding carboxylic acids is 1. The van der Waals surface area contributed by atoms with Crippen molar-refractivity contribution in [1.29, 1.82) is 0 Å². The van der Waals surface area contributed by atoms with Crippen LogP contribution in [0.5, 0.6) is 0 Å². The molecule has 0 aromatic rings. The summed E-state index contributed by atoms with van der Waals surface area (Å²) in [5, 5.41) is 0. The third-order valence-electron chi connectivity index (χ3n) is 2.09. The molecule has 1 rings (SSSR count). The minimum absolute atomic E-state index is 0.000000000000000222. The van der Waals surface area contributed by atoms with Crippen molar-refractivity contribution in [2.45, 2.75) is 18.7 Å². The van der Waals surface area contributed by atoms with E-state index in [4.69, 9.17) is 23.2 Å². The van der Waals surface area contributed by atoms with Gasteiger partial charge in [-0.15, -0.1) is 23.2 Å². The Hall–Kier alpha value is -0.270. The monoisotopic (exact) mass is 204 g/mol. The van der Waals surface area contributed by atoms with Gasteiger partial charge in [-0.1, -0.05) is 18.2 Å². The molecule has 1 unspecified atom stereocenters. The number of rotatable bonds is 1. The average Bonchev–Trinajstić information content (AvgIpc) is 2.00. The van der Waals surface area contributed by atoms with Crippen LogP contribution in [-0.4, -0.2) is 10.6 Å². The van der Waals surface area contributed by atoms with Crippen LogP contribution in [0, 0.1) is 5.41 Å². The molecule has 0 aliphatic heterocycles. The maximum absolute atomic E-state index is 11.6. The number of alkyl halides is 2. The van der Waals surface area contributed by atoms with Gasteiger partial charge in [-0.05, 0) is 19.4 Å². The molecule has 0 amide bonds. The summed E-state index contributed by atoms with van der Waals surface area (Å²) in [5.41, 5.74) is -0.0478. The Morgan fingerprint density at radius 2 is 2.08 bits per heavy atom. The molecule has 0 fully saturated rings. The summed E-state index contributed by atoms with van der Waals surface area (Å²) in [6.45, 7) is 3.51. The maximum Gasteiger partial charge on any atom is 0.170 e. The highest BCUT2D eigenvalue weighted by Crippen LogP contribution is 2.36. The minimum atomic E-state index is -0.748. The Morgan fingerprint density at radius 3 is 2.50 bits per heavy atom. The van der Waals surface area contributed by atoms with Gasteiger partial charge in [-0.2, -0.15) is 0 Å². The lowest BCUT2D eigenvalue weighted by molar-refractivity contribution is -0.121. The number of carbonyl (C=O) groups is 1. The van der Waals surface area contributed by atoms with Gasteiger partial charge in [0.15, 0.2) is 5.78 Å². The molecule has 0 radical (unpaired) electrons. The fourth-order valence-corrected chi connectivity index (χ4v) is 1.48. The maximum atomic E-state index is 11.6. The molecule has 0 aromatic heterocycles. The van der Waals surface area contributed by atoms with Gasteiger partial charge in [0.1, 0.15) is 4.84 Å². The molecule has 66 valence electrons. The lowest BCUT2D eigenvalue weighted by atomic mass is 9.81. The van der Waals surface area contributed by atoms with E-state index < -0.39 is 10.3 Å². The first-order chi connectivity index (χ1) is 5.48. The lowest BCUT2D eigenvalue weighted by Crippen LogP contribution is -2.34. The van der Waals surface area contributed by atoms with E-state index in [1.54, 1.807) is 26.0 Å². The number of Topliss-reactive ketones (excluding diaryl/α,β-unsaturated/α-hetero) is 1. The predicted molar refractivity (Wildman–Crippen MR) is 51.5 cm³/mol. The minimum Gasteiger partial charge on any atom is -0.293 e. The molecule has 0 spiro atoms. The van der Waals surface area contributed by atoms with E-state index >= 15 is 0 Å². The van der Waals surface area contributed by atoms with Crippen molar-refractivity contribution in [1.82, 2.24) is 0 Å². The summed E-state index contributed by atoms with van der Waals surface area (Å²) in [4.78, 5) is 10.9. The number of hydrogen-bond acceptors (Lipinski definition) is 1. The summed E-state index contributed by atoms with van der Waals surface area (Å²) in [6, 6.07) is 0. The summed E-state index contributed by atoms with van der Waals surface area (Å²) in [5.74, 6) is 0.000000000000000222. The number of ketones is 1. The van der Waals surface area contributed by atoms with Crippen LogP contribution in [0.15, 0.2) is 23.8 Å². The van der Waals surface area contributed by atoms with Crippen molar-refractivity contribution in [2.24, 2.45) is 5.41 Å². The van der Waals surface area contributed by atoms with Crippen LogP contribution in [0.3, 0.4) is 0 Å². The molecule has 0 aromatic carbocycles. The number of allylic oxidation sites excluding steroid dienone is 4. The predicted octanol–water partition coefficient (Wildman–Crippen LogP) is 2.88. The molecule has 1 aliphatic carbocycles. The highest BCUT2D eigenvalue weighted by molar-refractivity contribution is 6.46. The van der Waals surface area contributed by atoms with E-state index in [1.165, 1.54) is 0 Å². The van der Waals surface area contributed by atoms with E-state index in [1.807, 2.05) is 6.08 Å². The van der Waals surface area contributed by atoms with Crippen molar-refractivity contribution in [3.05, 3.63) is 23.8 Å². The van der Waals surface area contributed by atoms with Crippen molar-refractivity contribution in [2.75, 3.05) is 0 Å². The molecule has 0 saturated heterocycles. The third-order valence-corrected chi connectivity index (χ3v) is 3.00. The van der Waals surface area contributed by atoms with Crippen LogP contribution in [0.25, 0.3) is 0 Å². The fraction of sp³-hybridized carbons (Fsp3) is 0.444. The highest BCUT2D eigenvalue weighted by Gasteiger charge is 2.38. The topological polar surface area (TPSA) is 17.1 Å². The third kappa shape index (κ3) is 1.44. The molecule has 0 saturated carbocycles. The van der Waals surface area contributed by atoms with Gasteiger partial charge in [0.2, 0.25) is 0 Å². The van der Waals surface area contributed by atoms with Gasteiger partial charge in [-0.3, -0.25) is 4.79 Å². The zero-order chi connectivity index (χ0) is 9.35. The van der Waals surface area contributed by atoms with Gasteiger partial charge in [0.05, 0.1) is 5.41 Å². The van der Waals surface area contributed by atoms with E-state index in [0.29, 0.717) is 5.57 Å². The molecule has 1 aliphatic rings. The summed E-state index contributed by atoms with van der Waals surface area (Å²) in [7, 11) is 0. The second-order valence-corrected chi connectivity index (χ2v) is 4.22. The van der Waals surface area contributed by atoms with Crippen LogP contribution < -0.4 is 0 Å². The summed E-state index contributed by atoms with van der Waals surface area (Å²) < 4.78 is 0. The first-order valence-electron chi connectivity index (χ1n) is 3.67. The van der Waals surface area contributed by atoms with E-state index in [0.717, 1.165) is 0 Å². The fourth-order valence-electron chi connectivity index (χ4n) is 1.14. The molecule has 0 bridgehead atoms. The van der Waals surface area contributed by atoms with Crippen LogP contribution >= 0.6 is 23.2 Å². The molecule has 0 heterocycles. The van der Waals surface area contributed by atoms with Crippen LogP contribution in [0.2, 0.25) is 0 Å². The van der Waals surface area contributed by atoms with Crippen molar-refractivity contribution in [3.8, 4) is 0 Å². The van der Waals surface area contributed by atoms with Gasteiger partial charge < -0.3 is 0 Å². The van der Waals surface area contributed by atoms with Crippen molar-refractivity contribution >= 4 is 29.0 Å². The zero-order valence-electron chi connectivity index (χ0n) is 6.97. The SMILES string of the molecule is CC1=CC=CC(C)(C(Cl)Cl)C1=O. The molecule has 12 heavy (non-hydrogen) atoms. The second-order valence-electron chi connectivity index (χ2n) is 3.12. The van der Waals surface area contributed by atoms with Gasteiger partial charge in [-0.25, -0.2) is 0 Å². The Bertz CT molecular complexity index is 266. The smallest absolute Gasteiger partial charge is 0.170 e. The molecule has 3 heteroatoms. The van der Waals surface area contributed by atoms with Crippen LogP contribution in [0.4, 0.5) is 0 Å².